The van der Waals surface area contributed by atoms with Gasteiger partial charge in [-0.25, -0.2) is 14.6 Å². The van der Waals surface area contributed by atoms with Gasteiger partial charge in [0.15, 0.2) is 17.3 Å². The van der Waals surface area contributed by atoms with E-state index in [2.05, 4.69) is 145 Å². The minimum absolute atomic E-state index is 0.109. The van der Waals surface area contributed by atoms with Crippen molar-refractivity contribution >= 4 is 23.0 Å². The second kappa shape index (κ2) is 14.6. The predicted molar refractivity (Wildman–Crippen MR) is 228 cm³/mol. The normalized spacial score (nSPS) is 16.1. The SMILES string of the molecule is CCc1nc2c(C)cc(C=C3CCCC3=O)nc2n1[C@H]1CCc2cc(-c3ccccc3-c3nnnn3C(c3ccccc3)(c3ccccc3)c3ccccc3)ccc21. The van der Waals surface area contributed by atoms with Crippen LogP contribution >= 0.6 is 0 Å². The smallest absolute Gasteiger partial charge is 0.184 e. The third-order valence-corrected chi connectivity index (χ3v) is 12.1. The van der Waals surface area contributed by atoms with E-state index in [1.54, 1.807) is 0 Å². The predicted octanol–water partition coefficient (Wildman–Crippen LogP) is 10.1. The lowest BCUT2D eigenvalue weighted by atomic mass is 9.77. The number of carbonyl (C=O) groups is 1. The molecule has 0 radical (unpaired) electrons. The zero-order valence-corrected chi connectivity index (χ0v) is 32.7. The van der Waals surface area contributed by atoms with Gasteiger partial charge in [-0.15, -0.1) is 5.10 Å². The molecule has 1 atom stereocenters. The number of nitrogens with zero attached hydrogens (tertiary/aromatic N) is 7. The van der Waals surface area contributed by atoms with Crippen molar-refractivity contribution in [3.8, 4) is 22.5 Å². The van der Waals surface area contributed by atoms with Gasteiger partial charge < -0.3 is 4.57 Å². The number of aryl methyl sites for hydroxylation is 3. The van der Waals surface area contributed by atoms with Gasteiger partial charge in [0.25, 0.3) is 0 Å². The molecule has 2 aliphatic rings. The molecule has 0 saturated heterocycles. The number of hydrogen-bond acceptors (Lipinski definition) is 6. The number of allylic oxidation sites excluding steroid dienone is 1. The third-order valence-electron chi connectivity index (χ3n) is 12.1. The lowest BCUT2D eigenvalue weighted by Gasteiger charge is -2.36. The third kappa shape index (κ3) is 5.82. The summed E-state index contributed by atoms with van der Waals surface area (Å²) >= 11 is 0. The summed E-state index contributed by atoms with van der Waals surface area (Å²) in [6.45, 7) is 4.27. The van der Waals surface area contributed by atoms with Crippen LogP contribution in [0.4, 0.5) is 0 Å². The van der Waals surface area contributed by atoms with Crippen LogP contribution in [0.15, 0.2) is 145 Å². The minimum Gasteiger partial charge on any atom is -0.305 e. The quantitative estimate of drug-likeness (QED) is 0.108. The molecule has 0 amide bonds. The van der Waals surface area contributed by atoms with Crippen LogP contribution in [0, 0.1) is 6.92 Å². The number of ketones is 1. The Balaban J connectivity index is 1.09. The number of fused-ring (bicyclic) bond motifs is 2. The number of rotatable bonds is 9. The highest BCUT2D eigenvalue weighted by atomic mass is 16.1. The van der Waals surface area contributed by atoms with Crippen molar-refractivity contribution in [1.82, 2.24) is 34.7 Å². The summed E-state index contributed by atoms with van der Waals surface area (Å²) in [5.74, 6) is 1.95. The van der Waals surface area contributed by atoms with Crippen LogP contribution in [0.2, 0.25) is 0 Å². The van der Waals surface area contributed by atoms with E-state index < -0.39 is 5.54 Å². The van der Waals surface area contributed by atoms with Crippen molar-refractivity contribution in [3.05, 3.63) is 190 Å². The minimum atomic E-state index is -0.860. The number of benzene rings is 5. The first-order valence-corrected chi connectivity index (χ1v) is 20.3. The highest BCUT2D eigenvalue weighted by Gasteiger charge is 2.42. The number of hydrogen-bond donors (Lipinski definition) is 0. The second-order valence-electron chi connectivity index (χ2n) is 15.5. The van der Waals surface area contributed by atoms with Crippen LogP contribution in [-0.4, -0.2) is 40.5 Å². The highest BCUT2D eigenvalue weighted by molar-refractivity contribution is 6.01. The van der Waals surface area contributed by atoms with Crippen LogP contribution < -0.4 is 0 Å². The molecule has 1 fully saturated rings. The largest absolute Gasteiger partial charge is 0.305 e. The number of Topliss-reactive ketones (excluding diaryl/α,β-unsaturated/α-hetero) is 1. The Morgan fingerprint density at radius 2 is 1.40 bits per heavy atom. The fraction of sp³-hybridized carbons (Fsp3) is 0.200. The highest BCUT2D eigenvalue weighted by Crippen LogP contribution is 2.45. The number of tetrazole rings is 1. The molecule has 0 N–H and O–H groups in total. The van der Waals surface area contributed by atoms with E-state index in [4.69, 9.17) is 20.3 Å². The van der Waals surface area contributed by atoms with Gasteiger partial charge in [-0.05, 0) is 105 Å². The fourth-order valence-electron chi connectivity index (χ4n) is 9.45. The fourth-order valence-corrected chi connectivity index (χ4v) is 9.45. The van der Waals surface area contributed by atoms with Gasteiger partial charge in [0.2, 0.25) is 0 Å². The van der Waals surface area contributed by atoms with Crippen LogP contribution in [-0.2, 0) is 23.2 Å². The Bertz CT molecular complexity index is 2740. The summed E-state index contributed by atoms with van der Waals surface area (Å²) in [4.78, 5) is 22.8. The van der Waals surface area contributed by atoms with Crippen LogP contribution in [0.1, 0.15) is 83.5 Å². The molecule has 2 aliphatic carbocycles. The van der Waals surface area contributed by atoms with E-state index >= 15 is 0 Å². The van der Waals surface area contributed by atoms with E-state index in [9.17, 15) is 4.79 Å². The molecule has 8 nitrogen and oxygen atoms in total. The Hall–Kier alpha value is -6.80. The maximum absolute atomic E-state index is 12.5. The van der Waals surface area contributed by atoms with Crippen molar-refractivity contribution in [2.75, 3.05) is 0 Å². The molecule has 5 aromatic carbocycles. The standard InChI is InChI=1S/C50H43N7O/c1-3-46-52-47-33(2)30-40(32-36-16-15-25-45(36)58)51-49(47)56(46)44-29-27-35-31-34(26-28-42(35)44)41-23-13-14-24-43(41)48-53-54-55-57(48)50(37-17-7-4-8-18-37,38-19-9-5-10-20-38)39-21-11-6-12-22-39/h4-14,17-24,26,28,30-32,44H,3,15-16,25,27,29H2,1-2H3/t44-/m0/s1. The van der Waals surface area contributed by atoms with E-state index in [-0.39, 0.29) is 11.8 Å². The summed E-state index contributed by atoms with van der Waals surface area (Å²) in [7, 11) is 0. The summed E-state index contributed by atoms with van der Waals surface area (Å²) in [5.41, 5.74) is 12.7. The first-order valence-electron chi connectivity index (χ1n) is 20.3. The Morgan fingerprint density at radius 3 is 2.03 bits per heavy atom. The van der Waals surface area contributed by atoms with Crippen molar-refractivity contribution in [2.24, 2.45) is 0 Å². The maximum Gasteiger partial charge on any atom is 0.184 e. The molecule has 0 aliphatic heterocycles. The Labute approximate surface area is 338 Å². The number of carbonyl (C=O) groups excluding carboxylic acids is 1. The molecule has 58 heavy (non-hydrogen) atoms. The van der Waals surface area contributed by atoms with Gasteiger partial charge in [0.05, 0.1) is 11.7 Å². The summed E-state index contributed by atoms with van der Waals surface area (Å²) in [6, 6.07) is 49.1. The Kier molecular flexibility index (Phi) is 8.97. The Morgan fingerprint density at radius 1 is 0.741 bits per heavy atom. The molecule has 0 unspecified atom stereocenters. The van der Waals surface area contributed by atoms with Gasteiger partial charge in [-0.3, -0.25) is 4.79 Å². The van der Waals surface area contributed by atoms with Crippen molar-refractivity contribution in [2.45, 2.75) is 64.0 Å². The van der Waals surface area contributed by atoms with Crippen LogP contribution in [0.5, 0.6) is 0 Å². The van der Waals surface area contributed by atoms with Gasteiger partial charge >= 0.3 is 0 Å². The zero-order chi connectivity index (χ0) is 39.2. The van der Waals surface area contributed by atoms with Gasteiger partial charge in [0.1, 0.15) is 16.9 Å². The summed E-state index contributed by atoms with van der Waals surface area (Å²) < 4.78 is 4.37. The molecule has 1 saturated carbocycles. The van der Waals surface area contributed by atoms with Crippen molar-refractivity contribution < 1.29 is 4.79 Å². The van der Waals surface area contributed by atoms with Gasteiger partial charge in [-0.2, -0.15) is 0 Å². The molecule has 10 rings (SSSR count). The zero-order valence-electron chi connectivity index (χ0n) is 32.7. The van der Waals surface area contributed by atoms with E-state index in [0.717, 1.165) is 99.3 Å². The molecule has 0 bridgehead atoms. The summed E-state index contributed by atoms with van der Waals surface area (Å²) in [5, 5.41) is 14.0. The van der Waals surface area contributed by atoms with Crippen molar-refractivity contribution in [3.63, 3.8) is 0 Å². The van der Waals surface area contributed by atoms with E-state index in [1.807, 2.05) is 29.0 Å². The van der Waals surface area contributed by atoms with E-state index in [0.29, 0.717) is 12.2 Å². The lowest BCUT2D eigenvalue weighted by molar-refractivity contribution is -0.114. The molecule has 8 heteroatoms. The van der Waals surface area contributed by atoms with Crippen LogP contribution in [0.25, 0.3) is 39.8 Å². The lowest BCUT2D eigenvalue weighted by Crippen LogP contribution is -2.39. The molecular weight excluding hydrogens is 715 g/mol. The number of pyridine rings is 1. The first kappa shape index (κ1) is 35.6. The van der Waals surface area contributed by atoms with Gasteiger partial charge in [0, 0.05) is 18.4 Å². The van der Waals surface area contributed by atoms with Crippen LogP contribution in [0.3, 0.4) is 0 Å². The molecule has 8 aromatic rings. The average molecular weight is 758 g/mol. The monoisotopic (exact) mass is 757 g/mol. The number of aromatic nitrogens is 7. The molecule has 3 aromatic heterocycles. The average Bonchev–Trinajstić information content (AvgIpc) is 4.09. The molecular formula is C50H43N7O. The molecule has 0 spiro atoms. The first-order chi connectivity index (χ1) is 28.5. The van der Waals surface area contributed by atoms with E-state index in [1.165, 1.54) is 11.1 Å². The molecule has 3 heterocycles. The number of imidazole rings is 1. The topological polar surface area (TPSA) is 91.4 Å². The molecule has 284 valence electrons. The summed E-state index contributed by atoms with van der Waals surface area (Å²) in [6.07, 6.45) is 7.05. The van der Waals surface area contributed by atoms with Gasteiger partial charge in [-0.1, -0.05) is 140 Å². The maximum atomic E-state index is 12.5. The second-order valence-corrected chi connectivity index (χ2v) is 15.5. The van der Waals surface area contributed by atoms with Crippen molar-refractivity contribution in [1.29, 1.82) is 0 Å².